The molecule has 1 aromatic heterocycles. The van der Waals surface area contributed by atoms with E-state index in [2.05, 4.69) is 43.0 Å². The van der Waals surface area contributed by atoms with Crippen molar-refractivity contribution in [2.24, 2.45) is 5.84 Å². The average Bonchev–Trinajstić information content (AvgIpc) is 2.42. The maximum absolute atomic E-state index is 5.62. The molecule has 5 nitrogen and oxygen atoms in total. The van der Waals surface area contributed by atoms with E-state index < -0.39 is 0 Å². The predicted octanol–water partition coefficient (Wildman–Crippen LogP) is 2.52. The SMILES string of the molecule is Cc1c(NN)nc(C(C)C)nc1N1CCSC(C)C1C. The van der Waals surface area contributed by atoms with Crippen LogP contribution in [0.3, 0.4) is 0 Å². The molecule has 112 valence electrons. The molecule has 0 bridgehead atoms. The van der Waals surface area contributed by atoms with Gasteiger partial charge in [0.25, 0.3) is 0 Å². The summed E-state index contributed by atoms with van der Waals surface area (Å²) < 4.78 is 0. The molecule has 0 spiro atoms. The number of thioether (sulfide) groups is 1. The molecule has 0 aromatic carbocycles. The van der Waals surface area contributed by atoms with E-state index in [9.17, 15) is 0 Å². The van der Waals surface area contributed by atoms with Gasteiger partial charge in [0.2, 0.25) is 0 Å². The number of anilines is 2. The summed E-state index contributed by atoms with van der Waals surface area (Å²) in [5.41, 5.74) is 3.74. The molecule has 1 fully saturated rings. The van der Waals surface area contributed by atoms with Gasteiger partial charge in [-0.3, -0.25) is 0 Å². The second kappa shape index (κ2) is 6.18. The molecule has 0 saturated carbocycles. The minimum absolute atomic E-state index is 0.286. The van der Waals surface area contributed by atoms with Gasteiger partial charge in [-0.2, -0.15) is 11.8 Å². The summed E-state index contributed by atoms with van der Waals surface area (Å²) in [7, 11) is 0. The van der Waals surface area contributed by atoms with Crippen molar-refractivity contribution in [2.45, 2.75) is 51.8 Å². The van der Waals surface area contributed by atoms with E-state index in [0.717, 1.165) is 35.3 Å². The van der Waals surface area contributed by atoms with Crippen molar-refractivity contribution in [3.63, 3.8) is 0 Å². The molecular weight excluding hydrogens is 270 g/mol. The number of nitrogens with one attached hydrogen (secondary N) is 1. The third-order valence-corrected chi connectivity index (χ3v) is 5.28. The molecule has 20 heavy (non-hydrogen) atoms. The zero-order chi connectivity index (χ0) is 14.9. The fraction of sp³-hybridized carbons (Fsp3) is 0.714. The zero-order valence-electron chi connectivity index (χ0n) is 13.0. The second-order valence-electron chi connectivity index (χ2n) is 5.69. The van der Waals surface area contributed by atoms with Crippen molar-refractivity contribution in [3.8, 4) is 0 Å². The Balaban J connectivity index is 2.46. The Hall–Kier alpha value is -1.01. The average molecular weight is 295 g/mol. The molecule has 6 heteroatoms. The largest absolute Gasteiger partial charge is 0.352 e. The van der Waals surface area contributed by atoms with Crippen LogP contribution >= 0.6 is 11.8 Å². The van der Waals surface area contributed by atoms with Crippen molar-refractivity contribution in [1.29, 1.82) is 0 Å². The summed E-state index contributed by atoms with van der Waals surface area (Å²) in [4.78, 5) is 11.7. The molecule has 1 aromatic rings. The molecule has 0 radical (unpaired) electrons. The molecule has 1 aliphatic rings. The lowest BCUT2D eigenvalue weighted by Gasteiger charge is -2.39. The highest BCUT2D eigenvalue weighted by Crippen LogP contribution is 2.32. The van der Waals surface area contributed by atoms with E-state index in [0.29, 0.717) is 11.3 Å². The fourth-order valence-corrected chi connectivity index (χ4v) is 3.53. The highest BCUT2D eigenvalue weighted by Gasteiger charge is 2.28. The maximum Gasteiger partial charge on any atom is 0.148 e. The maximum atomic E-state index is 5.62. The smallest absolute Gasteiger partial charge is 0.148 e. The van der Waals surface area contributed by atoms with Crippen LogP contribution in [0.2, 0.25) is 0 Å². The van der Waals surface area contributed by atoms with E-state index in [1.54, 1.807) is 0 Å². The minimum Gasteiger partial charge on any atom is -0.352 e. The molecule has 1 aliphatic heterocycles. The monoisotopic (exact) mass is 295 g/mol. The van der Waals surface area contributed by atoms with Gasteiger partial charge in [0.1, 0.15) is 17.5 Å². The summed E-state index contributed by atoms with van der Waals surface area (Å²) in [5.74, 6) is 9.64. The first kappa shape index (κ1) is 15.4. The number of nitrogen functional groups attached to an aromatic ring is 1. The van der Waals surface area contributed by atoms with E-state index in [-0.39, 0.29) is 5.92 Å². The molecule has 1 saturated heterocycles. The van der Waals surface area contributed by atoms with Crippen LogP contribution in [0.4, 0.5) is 11.6 Å². The molecule has 0 amide bonds. The van der Waals surface area contributed by atoms with Gasteiger partial charge in [0.05, 0.1) is 0 Å². The highest BCUT2D eigenvalue weighted by molar-refractivity contribution is 8.00. The Kier molecular flexibility index (Phi) is 4.75. The second-order valence-corrected chi connectivity index (χ2v) is 7.17. The van der Waals surface area contributed by atoms with Crippen LogP contribution in [-0.4, -0.2) is 33.6 Å². The van der Waals surface area contributed by atoms with Gasteiger partial charge < -0.3 is 10.3 Å². The Labute approximate surface area is 125 Å². The molecule has 3 N–H and O–H groups in total. The third kappa shape index (κ3) is 2.86. The van der Waals surface area contributed by atoms with Gasteiger partial charge in [0.15, 0.2) is 0 Å². The standard InChI is InChI=1S/C14H25N5S/c1-8(2)12-16-13(18-15)9(3)14(17-12)19-6-7-20-11(5)10(19)4/h8,10-11H,6-7,15H2,1-5H3,(H,16,17,18). The van der Waals surface area contributed by atoms with Crippen LogP contribution < -0.4 is 16.2 Å². The minimum atomic E-state index is 0.286. The number of hydrazine groups is 1. The van der Waals surface area contributed by atoms with Crippen molar-refractivity contribution in [3.05, 3.63) is 11.4 Å². The normalized spacial score (nSPS) is 23.2. The summed E-state index contributed by atoms with van der Waals surface area (Å²) in [6, 6.07) is 0.466. The van der Waals surface area contributed by atoms with Gasteiger partial charge in [-0.25, -0.2) is 15.8 Å². The molecule has 2 atom stereocenters. The molecule has 2 heterocycles. The van der Waals surface area contributed by atoms with E-state index in [1.165, 1.54) is 0 Å². The van der Waals surface area contributed by atoms with Crippen LogP contribution in [-0.2, 0) is 0 Å². The van der Waals surface area contributed by atoms with Gasteiger partial charge in [-0.15, -0.1) is 0 Å². The first-order valence-electron chi connectivity index (χ1n) is 7.19. The number of nitrogens with two attached hydrogens (primary N) is 1. The van der Waals surface area contributed by atoms with Crippen LogP contribution in [0.25, 0.3) is 0 Å². The zero-order valence-corrected chi connectivity index (χ0v) is 13.8. The van der Waals surface area contributed by atoms with Crippen molar-refractivity contribution < 1.29 is 0 Å². The van der Waals surface area contributed by atoms with Gasteiger partial charge in [-0.1, -0.05) is 20.8 Å². The van der Waals surface area contributed by atoms with Crippen LogP contribution in [0.5, 0.6) is 0 Å². The molecule has 2 rings (SSSR count). The van der Waals surface area contributed by atoms with Gasteiger partial charge >= 0.3 is 0 Å². The summed E-state index contributed by atoms with van der Waals surface area (Å²) >= 11 is 2.03. The van der Waals surface area contributed by atoms with Crippen molar-refractivity contribution in [1.82, 2.24) is 9.97 Å². The topological polar surface area (TPSA) is 67.1 Å². The lowest BCUT2D eigenvalue weighted by molar-refractivity contribution is 0.613. The van der Waals surface area contributed by atoms with Gasteiger partial charge in [-0.05, 0) is 13.8 Å². The highest BCUT2D eigenvalue weighted by atomic mass is 32.2. The number of rotatable bonds is 3. The van der Waals surface area contributed by atoms with E-state index >= 15 is 0 Å². The van der Waals surface area contributed by atoms with Crippen LogP contribution in [0.15, 0.2) is 0 Å². The molecular formula is C14H25N5S. The lowest BCUT2D eigenvalue weighted by atomic mass is 10.1. The predicted molar refractivity (Wildman–Crippen MR) is 87.4 cm³/mol. The Morgan fingerprint density at radius 3 is 2.65 bits per heavy atom. The molecule has 2 unspecified atom stereocenters. The Morgan fingerprint density at radius 2 is 2.05 bits per heavy atom. The first-order chi connectivity index (χ1) is 9.45. The van der Waals surface area contributed by atoms with Crippen molar-refractivity contribution in [2.75, 3.05) is 22.6 Å². The Morgan fingerprint density at radius 1 is 1.35 bits per heavy atom. The lowest BCUT2D eigenvalue weighted by Crippen LogP contribution is -2.45. The third-order valence-electron chi connectivity index (χ3n) is 3.95. The summed E-state index contributed by atoms with van der Waals surface area (Å²) in [6.45, 7) is 11.8. The van der Waals surface area contributed by atoms with E-state index in [1.807, 2.05) is 18.7 Å². The number of hydrogen-bond donors (Lipinski definition) is 2. The number of nitrogens with zero attached hydrogens (tertiary/aromatic N) is 3. The number of aromatic nitrogens is 2. The molecule has 0 aliphatic carbocycles. The summed E-state index contributed by atoms with van der Waals surface area (Å²) in [5, 5.41) is 0.606. The van der Waals surface area contributed by atoms with E-state index in [4.69, 9.17) is 10.8 Å². The van der Waals surface area contributed by atoms with Crippen molar-refractivity contribution >= 4 is 23.4 Å². The van der Waals surface area contributed by atoms with Crippen LogP contribution in [0.1, 0.15) is 45.0 Å². The summed E-state index contributed by atoms with van der Waals surface area (Å²) in [6.07, 6.45) is 0. The number of hydrogen-bond acceptors (Lipinski definition) is 6. The fourth-order valence-electron chi connectivity index (χ4n) is 2.43. The quantitative estimate of drug-likeness (QED) is 0.660. The van der Waals surface area contributed by atoms with Gasteiger partial charge in [0, 0.05) is 35.1 Å². The van der Waals surface area contributed by atoms with Crippen LogP contribution in [0, 0.1) is 6.92 Å². The first-order valence-corrected chi connectivity index (χ1v) is 8.24. The Bertz CT molecular complexity index is 477.